The van der Waals surface area contributed by atoms with Gasteiger partial charge in [0.1, 0.15) is 29.4 Å². The maximum absolute atomic E-state index is 6.33. The van der Waals surface area contributed by atoms with Crippen LogP contribution in [0.5, 0.6) is 0 Å². The SMILES string of the molecule is CC(C)n1nc(-c2noc(C3CC3)c2C2=NC=C(C3CCNCC3)CN2C)c2c(N)ncnc21. The number of likely N-dealkylation sites (N-methyl/N-ethyl adjacent to an activating group) is 1. The number of hydrogen-bond acceptors (Lipinski definition) is 9. The highest BCUT2D eigenvalue weighted by atomic mass is 16.5. The van der Waals surface area contributed by atoms with Crippen molar-refractivity contribution in [2.24, 2.45) is 10.9 Å². The summed E-state index contributed by atoms with van der Waals surface area (Å²) in [6, 6.07) is 0.106. The van der Waals surface area contributed by atoms with Crippen LogP contribution in [0.25, 0.3) is 22.4 Å². The molecule has 0 unspecified atom stereocenters. The standard InChI is InChI=1S/C24H31N9O/c1-13(2)33-24-18(22(25)28-12-29-24)19(30-33)20-17(21(34-31-20)15-4-5-15)23-27-10-16(11-32(23)3)14-6-8-26-9-7-14/h10,12-15,26H,4-9,11H2,1-3H3,(H2,25,28,29). The first kappa shape index (κ1) is 21.3. The molecule has 34 heavy (non-hydrogen) atoms. The average molecular weight is 462 g/mol. The predicted molar refractivity (Wildman–Crippen MR) is 130 cm³/mol. The van der Waals surface area contributed by atoms with Crippen LogP contribution >= 0.6 is 0 Å². The van der Waals surface area contributed by atoms with Crippen LogP contribution in [-0.2, 0) is 0 Å². The summed E-state index contributed by atoms with van der Waals surface area (Å²) in [6.07, 6.45) is 8.07. The van der Waals surface area contributed by atoms with Gasteiger partial charge in [0, 0.05) is 31.8 Å². The molecule has 1 aliphatic carbocycles. The molecule has 178 valence electrons. The summed E-state index contributed by atoms with van der Waals surface area (Å²) < 4.78 is 7.83. The number of nitrogens with zero attached hydrogens (tertiary/aromatic N) is 7. The number of nitrogens with one attached hydrogen (secondary N) is 1. The van der Waals surface area contributed by atoms with Crippen molar-refractivity contribution < 1.29 is 4.52 Å². The fourth-order valence-corrected chi connectivity index (χ4v) is 5.14. The number of aromatic nitrogens is 5. The second kappa shape index (κ2) is 8.19. The summed E-state index contributed by atoms with van der Waals surface area (Å²) in [5.74, 6) is 3.11. The third-order valence-corrected chi connectivity index (χ3v) is 7.12. The molecule has 6 rings (SSSR count). The van der Waals surface area contributed by atoms with Gasteiger partial charge in [0.05, 0.1) is 10.9 Å². The number of aliphatic imine (C=N–C) groups is 1. The van der Waals surface area contributed by atoms with Crippen molar-refractivity contribution in [3.8, 4) is 11.4 Å². The van der Waals surface area contributed by atoms with E-state index in [-0.39, 0.29) is 6.04 Å². The summed E-state index contributed by atoms with van der Waals surface area (Å²) in [7, 11) is 2.10. The van der Waals surface area contributed by atoms with Crippen molar-refractivity contribution in [3.05, 3.63) is 29.4 Å². The molecular weight excluding hydrogens is 430 g/mol. The number of fused-ring (bicyclic) bond motifs is 1. The molecule has 0 amide bonds. The van der Waals surface area contributed by atoms with Crippen LogP contribution in [0.4, 0.5) is 5.82 Å². The van der Waals surface area contributed by atoms with E-state index in [1.807, 2.05) is 4.68 Å². The first-order valence-electron chi connectivity index (χ1n) is 12.2. The molecule has 0 bridgehead atoms. The monoisotopic (exact) mass is 461 g/mol. The Balaban J connectivity index is 1.50. The lowest BCUT2D eigenvalue weighted by Crippen LogP contribution is -2.36. The van der Waals surface area contributed by atoms with Gasteiger partial charge in [-0.05, 0) is 64.1 Å². The third kappa shape index (κ3) is 3.48. The highest BCUT2D eigenvalue weighted by Crippen LogP contribution is 2.45. The molecule has 1 saturated heterocycles. The molecule has 3 aliphatic rings. The minimum absolute atomic E-state index is 0.106. The van der Waals surface area contributed by atoms with Crippen molar-refractivity contribution in [1.29, 1.82) is 0 Å². The highest BCUT2D eigenvalue weighted by molar-refractivity contribution is 6.08. The van der Waals surface area contributed by atoms with Gasteiger partial charge in [-0.25, -0.2) is 19.6 Å². The molecule has 3 N–H and O–H groups in total. The fourth-order valence-electron chi connectivity index (χ4n) is 5.14. The Labute approximate surface area is 198 Å². The quantitative estimate of drug-likeness (QED) is 0.594. The second-order valence-corrected chi connectivity index (χ2v) is 9.93. The molecule has 3 aromatic rings. The number of nitrogens with two attached hydrogens (primary N) is 1. The molecule has 2 fully saturated rings. The molecule has 2 aliphatic heterocycles. The Morgan fingerprint density at radius 1 is 1.09 bits per heavy atom. The van der Waals surface area contributed by atoms with E-state index in [1.165, 1.54) is 11.9 Å². The van der Waals surface area contributed by atoms with Crippen molar-refractivity contribution in [2.45, 2.75) is 51.5 Å². The molecule has 10 heteroatoms. The third-order valence-electron chi connectivity index (χ3n) is 7.12. The lowest BCUT2D eigenvalue weighted by atomic mass is 9.89. The van der Waals surface area contributed by atoms with Crippen LogP contribution in [-0.4, -0.2) is 62.3 Å². The molecule has 0 spiro atoms. The minimum Gasteiger partial charge on any atom is -0.383 e. The second-order valence-electron chi connectivity index (χ2n) is 9.93. The van der Waals surface area contributed by atoms with Crippen LogP contribution < -0.4 is 11.1 Å². The van der Waals surface area contributed by atoms with E-state index in [0.717, 1.165) is 62.5 Å². The van der Waals surface area contributed by atoms with Crippen LogP contribution in [0.15, 0.2) is 27.6 Å². The van der Waals surface area contributed by atoms with Crippen molar-refractivity contribution >= 4 is 22.7 Å². The van der Waals surface area contributed by atoms with E-state index in [2.05, 4.69) is 52.4 Å². The van der Waals surface area contributed by atoms with Gasteiger partial charge < -0.3 is 20.5 Å². The fraction of sp³-hybridized carbons (Fsp3) is 0.542. The molecule has 10 nitrogen and oxygen atoms in total. The average Bonchev–Trinajstić information content (AvgIpc) is 3.46. The maximum atomic E-state index is 6.33. The van der Waals surface area contributed by atoms with Gasteiger partial charge in [-0.1, -0.05) is 5.16 Å². The van der Waals surface area contributed by atoms with Crippen LogP contribution in [0, 0.1) is 5.92 Å². The summed E-state index contributed by atoms with van der Waals surface area (Å²) in [6.45, 7) is 7.13. The summed E-state index contributed by atoms with van der Waals surface area (Å²) in [5.41, 5.74) is 10.7. The van der Waals surface area contributed by atoms with Gasteiger partial charge in [0.15, 0.2) is 11.4 Å². The zero-order valence-electron chi connectivity index (χ0n) is 20.0. The van der Waals surface area contributed by atoms with E-state index in [4.69, 9.17) is 20.3 Å². The van der Waals surface area contributed by atoms with Crippen molar-refractivity contribution in [2.75, 3.05) is 32.4 Å². The number of amidine groups is 1. The lowest BCUT2D eigenvalue weighted by molar-refractivity contribution is 0.383. The Kier molecular flexibility index (Phi) is 5.13. The smallest absolute Gasteiger partial charge is 0.164 e. The van der Waals surface area contributed by atoms with E-state index in [1.54, 1.807) is 0 Å². The van der Waals surface area contributed by atoms with Crippen LogP contribution in [0.3, 0.4) is 0 Å². The topological polar surface area (TPSA) is 123 Å². The summed E-state index contributed by atoms with van der Waals surface area (Å²) >= 11 is 0. The van der Waals surface area contributed by atoms with Crippen molar-refractivity contribution in [1.82, 2.24) is 35.1 Å². The molecule has 0 aromatic carbocycles. The zero-order valence-corrected chi connectivity index (χ0v) is 20.0. The lowest BCUT2D eigenvalue weighted by Gasteiger charge is -2.31. The van der Waals surface area contributed by atoms with Gasteiger partial charge in [-0.2, -0.15) is 5.10 Å². The van der Waals surface area contributed by atoms with Crippen molar-refractivity contribution in [3.63, 3.8) is 0 Å². The largest absolute Gasteiger partial charge is 0.383 e. The normalized spacial score (nSPS) is 19.7. The predicted octanol–water partition coefficient (Wildman–Crippen LogP) is 3.10. The zero-order chi connectivity index (χ0) is 23.4. The van der Waals surface area contributed by atoms with Crippen LogP contribution in [0.1, 0.15) is 62.8 Å². The molecule has 5 heterocycles. The van der Waals surface area contributed by atoms with Crippen LogP contribution in [0.2, 0.25) is 0 Å². The molecule has 0 radical (unpaired) electrons. The van der Waals surface area contributed by atoms with Gasteiger partial charge >= 0.3 is 0 Å². The number of nitrogen functional groups attached to an aromatic ring is 1. The Bertz CT molecular complexity index is 1290. The minimum atomic E-state index is 0.106. The van der Waals surface area contributed by atoms with E-state index in [9.17, 15) is 0 Å². The van der Waals surface area contributed by atoms with Gasteiger partial charge in [-0.3, -0.25) is 0 Å². The van der Waals surface area contributed by atoms with E-state index < -0.39 is 0 Å². The van der Waals surface area contributed by atoms with E-state index in [0.29, 0.717) is 40.1 Å². The first-order chi connectivity index (χ1) is 16.5. The van der Waals surface area contributed by atoms with E-state index >= 15 is 0 Å². The maximum Gasteiger partial charge on any atom is 0.164 e. The molecule has 0 atom stereocenters. The van der Waals surface area contributed by atoms with Gasteiger partial charge in [0.2, 0.25) is 0 Å². The van der Waals surface area contributed by atoms with Gasteiger partial charge in [-0.15, -0.1) is 0 Å². The summed E-state index contributed by atoms with van der Waals surface area (Å²) in [5, 5.41) is 13.6. The molecule has 1 saturated carbocycles. The number of rotatable bonds is 5. The Morgan fingerprint density at radius 3 is 2.59 bits per heavy atom. The molecule has 3 aromatic heterocycles. The highest BCUT2D eigenvalue weighted by Gasteiger charge is 2.38. The molecular formula is C24H31N9O. The Morgan fingerprint density at radius 2 is 1.88 bits per heavy atom. The first-order valence-corrected chi connectivity index (χ1v) is 12.2. The summed E-state index contributed by atoms with van der Waals surface area (Å²) in [4.78, 5) is 15.9. The Hall–Kier alpha value is -3.27. The van der Waals surface area contributed by atoms with Gasteiger partial charge in [0.25, 0.3) is 0 Å². The number of hydrogen-bond donors (Lipinski definition) is 2. The number of anilines is 1. The number of piperidine rings is 1.